The van der Waals surface area contributed by atoms with E-state index in [1.54, 1.807) is 24.3 Å². The smallest absolute Gasteiger partial charge is 0.360 e. The van der Waals surface area contributed by atoms with E-state index in [1.165, 1.54) is 0 Å². The highest BCUT2D eigenvalue weighted by Crippen LogP contribution is 2.34. The first-order valence-electron chi connectivity index (χ1n) is 5.96. The fourth-order valence-corrected chi connectivity index (χ4v) is 2.57. The van der Waals surface area contributed by atoms with Crippen LogP contribution in [0.15, 0.2) is 24.3 Å². The molecule has 0 saturated heterocycles. The molecule has 21 heavy (non-hydrogen) atoms. The van der Waals surface area contributed by atoms with E-state index in [4.69, 9.17) is 23.2 Å². The number of carbonyl (C=O) groups is 1. The SMILES string of the molecule is O=C(ON1CC=C(c2c(Cl)cccc2Cl)CC1)C(F)(F)F. The second-order valence-corrected chi connectivity index (χ2v) is 5.15. The molecular weight excluding hydrogens is 330 g/mol. The molecule has 1 aliphatic rings. The molecule has 114 valence electrons. The minimum atomic E-state index is -5.00. The topological polar surface area (TPSA) is 29.5 Å². The van der Waals surface area contributed by atoms with Crippen molar-refractivity contribution >= 4 is 34.7 Å². The molecule has 0 fully saturated rings. The minimum absolute atomic E-state index is 0.0404. The molecule has 1 heterocycles. The Morgan fingerprint density at radius 1 is 1.24 bits per heavy atom. The van der Waals surface area contributed by atoms with E-state index >= 15 is 0 Å². The summed E-state index contributed by atoms with van der Waals surface area (Å²) >= 11 is 12.1. The maximum Gasteiger partial charge on any atom is 0.492 e. The van der Waals surface area contributed by atoms with Crippen LogP contribution >= 0.6 is 23.2 Å². The van der Waals surface area contributed by atoms with Gasteiger partial charge in [-0.2, -0.15) is 13.2 Å². The van der Waals surface area contributed by atoms with Gasteiger partial charge in [-0.25, -0.2) is 4.79 Å². The van der Waals surface area contributed by atoms with Crippen molar-refractivity contribution in [2.24, 2.45) is 0 Å². The molecule has 0 aromatic heterocycles. The lowest BCUT2D eigenvalue weighted by Gasteiger charge is -2.25. The zero-order valence-corrected chi connectivity index (χ0v) is 12.1. The van der Waals surface area contributed by atoms with Gasteiger partial charge in [0.15, 0.2) is 0 Å². The number of hydrogen-bond acceptors (Lipinski definition) is 3. The van der Waals surface area contributed by atoms with Crippen molar-refractivity contribution in [1.82, 2.24) is 5.06 Å². The highest BCUT2D eigenvalue weighted by Gasteiger charge is 2.42. The summed E-state index contributed by atoms with van der Waals surface area (Å²) in [5.74, 6) is -2.23. The molecule has 0 unspecified atom stereocenters. The van der Waals surface area contributed by atoms with E-state index in [0.717, 1.165) is 10.6 Å². The first-order valence-corrected chi connectivity index (χ1v) is 6.72. The van der Waals surface area contributed by atoms with Crippen molar-refractivity contribution in [3.8, 4) is 0 Å². The number of hydrogen-bond donors (Lipinski definition) is 0. The van der Waals surface area contributed by atoms with Crippen molar-refractivity contribution in [2.45, 2.75) is 12.6 Å². The minimum Gasteiger partial charge on any atom is -0.360 e. The summed E-state index contributed by atoms with van der Waals surface area (Å²) < 4.78 is 36.3. The third-order valence-corrected chi connectivity index (χ3v) is 3.53. The summed E-state index contributed by atoms with van der Waals surface area (Å²) in [7, 11) is 0. The predicted molar refractivity (Wildman–Crippen MR) is 72.8 cm³/mol. The van der Waals surface area contributed by atoms with Gasteiger partial charge in [0.1, 0.15) is 0 Å². The number of hydroxylamine groups is 2. The van der Waals surface area contributed by atoms with E-state index in [1.807, 2.05) is 0 Å². The van der Waals surface area contributed by atoms with Crippen LogP contribution in [0.5, 0.6) is 0 Å². The zero-order valence-electron chi connectivity index (χ0n) is 10.6. The van der Waals surface area contributed by atoms with Gasteiger partial charge in [-0.15, -0.1) is 5.06 Å². The molecule has 0 bridgehead atoms. The molecule has 0 aliphatic carbocycles. The van der Waals surface area contributed by atoms with Crippen molar-refractivity contribution in [1.29, 1.82) is 0 Å². The molecule has 1 aromatic carbocycles. The van der Waals surface area contributed by atoms with Crippen molar-refractivity contribution < 1.29 is 22.8 Å². The van der Waals surface area contributed by atoms with Crippen LogP contribution in [-0.4, -0.2) is 30.3 Å². The van der Waals surface area contributed by atoms with E-state index in [9.17, 15) is 18.0 Å². The number of benzene rings is 1. The summed E-state index contributed by atoms with van der Waals surface area (Å²) in [6, 6.07) is 5.06. The fraction of sp³-hybridized carbons (Fsp3) is 0.308. The van der Waals surface area contributed by atoms with E-state index in [-0.39, 0.29) is 13.1 Å². The second kappa shape index (κ2) is 6.25. The normalized spacial score (nSPS) is 16.5. The number of halogens is 5. The number of alkyl halides is 3. The Labute approximate surface area is 128 Å². The lowest BCUT2D eigenvalue weighted by molar-refractivity contribution is -0.237. The Morgan fingerprint density at radius 2 is 1.86 bits per heavy atom. The van der Waals surface area contributed by atoms with Crippen LogP contribution in [0.25, 0.3) is 5.57 Å². The summed E-state index contributed by atoms with van der Waals surface area (Å²) in [5.41, 5.74) is 1.47. The first kappa shape index (κ1) is 16.1. The van der Waals surface area contributed by atoms with Gasteiger partial charge in [-0.3, -0.25) is 0 Å². The molecular formula is C13H10Cl2F3NO2. The van der Waals surface area contributed by atoms with Gasteiger partial charge in [0.2, 0.25) is 0 Å². The van der Waals surface area contributed by atoms with Crippen LogP contribution in [0, 0.1) is 0 Å². The van der Waals surface area contributed by atoms with Gasteiger partial charge in [-0.05, 0) is 24.1 Å². The highest BCUT2D eigenvalue weighted by atomic mass is 35.5. The summed E-state index contributed by atoms with van der Waals surface area (Å²) in [6.45, 7) is 0.175. The Kier molecular flexibility index (Phi) is 4.81. The Hall–Kier alpha value is -1.24. The monoisotopic (exact) mass is 339 g/mol. The largest absolute Gasteiger partial charge is 0.492 e. The highest BCUT2D eigenvalue weighted by molar-refractivity contribution is 6.37. The second-order valence-electron chi connectivity index (χ2n) is 4.34. The molecule has 0 saturated carbocycles. The van der Waals surface area contributed by atoms with Gasteiger partial charge in [0.25, 0.3) is 0 Å². The van der Waals surface area contributed by atoms with Crippen molar-refractivity contribution in [3.05, 3.63) is 39.9 Å². The lowest BCUT2D eigenvalue weighted by atomic mass is 10.00. The van der Waals surface area contributed by atoms with Crippen molar-refractivity contribution in [3.63, 3.8) is 0 Å². The Morgan fingerprint density at radius 3 is 2.33 bits per heavy atom. The van der Waals surface area contributed by atoms with E-state index in [0.29, 0.717) is 22.0 Å². The van der Waals surface area contributed by atoms with Gasteiger partial charge < -0.3 is 4.84 Å². The van der Waals surface area contributed by atoms with Gasteiger partial charge in [-0.1, -0.05) is 35.3 Å². The van der Waals surface area contributed by atoms with Crippen LogP contribution in [0.4, 0.5) is 13.2 Å². The van der Waals surface area contributed by atoms with Crippen LogP contribution in [0.1, 0.15) is 12.0 Å². The van der Waals surface area contributed by atoms with Gasteiger partial charge in [0.05, 0.1) is 6.54 Å². The van der Waals surface area contributed by atoms with Gasteiger partial charge in [0, 0.05) is 22.2 Å². The maximum absolute atomic E-state index is 12.1. The van der Waals surface area contributed by atoms with Crippen molar-refractivity contribution in [2.75, 3.05) is 13.1 Å². The average Bonchev–Trinajstić information content (AvgIpc) is 2.39. The zero-order chi connectivity index (χ0) is 15.6. The maximum atomic E-state index is 12.1. The molecule has 1 aromatic rings. The predicted octanol–water partition coefficient (Wildman–Crippen LogP) is 4.10. The van der Waals surface area contributed by atoms with E-state index < -0.39 is 12.1 Å². The Balaban J connectivity index is 2.08. The van der Waals surface area contributed by atoms with Crippen LogP contribution < -0.4 is 0 Å². The van der Waals surface area contributed by atoms with Crippen LogP contribution in [-0.2, 0) is 9.63 Å². The Bertz CT molecular complexity index is 567. The van der Waals surface area contributed by atoms with E-state index in [2.05, 4.69) is 4.84 Å². The molecule has 0 spiro atoms. The third-order valence-electron chi connectivity index (χ3n) is 2.90. The third kappa shape index (κ3) is 3.90. The molecule has 2 rings (SSSR count). The molecule has 8 heteroatoms. The number of carbonyl (C=O) groups excluding carboxylic acids is 1. The first-order chi connectivity index (χ1) is 9.79. The van der Waals surface area contributed by atoms with Gasteiger partial charge >= 0.3 is 12.1 Å². The standard InChI is InChI=1S/C13H10Cl2F3NO2/c14-9-2-1-3-10(15)11(9)8-4-6-19(7-5-8)21-12(20)13(16,17)18/h1-4H,5-7H2. The summed E-state index contributed by atoms with van der Waals surface area (Å²) in [5, 5.41) is 1.88. The molecule has 1 aliphatic heterocycles. The number of rotatable bonds is 2. The molecule has 0 atom stereocenters. The lowest BCUT2D eigenvalue weighted by Crippen LogP contribution is -2.37. The average molecular weight is 340 g/mol. The number of nitrogens with zero attached hydrogens (tertiary/aromatic N) is 1. The molecule has 0 N–H and O–H groups in total. The molecule has 0 radical (unpaired) electrons. The fourth-order valence-electron chi connectivity index (χ4n) is 1.93. The molecule has 3 nitrogen and oxygen atoms in total. The van der Waals surface area contributed by atoms with Crippen LogP contribution in [0.2, 0.25) is 10.0 Å². The van der Waals surface area contributed by atoms with Crippen LogP contribution in [0.3, 0.4) is 0 Å². The quantitative estimate of drug-likeness (QED) is 0.812. The summed E-state index contributed by atoms with van der Waals surface area (Å²) in [6.07, 6.45) is -3.00. The molecule has 0 amide bonds. The summed E-state index contributed by atoms with van der Waals surface area (Å²) in [4.78, 5) is 15.0.